The number of ether oxygens (including phenoxy) is 2. The third-order valence-corrected chi connectivity index (χ3v) is 6.61. The number of hydrogen-bond acceptors (Lipinski definition) is 4. The summed E-state index contributed by atoms with van der Waals surface area (Å²) < 4.78 is 10.4. The summed E-state index contributed by atoms with van der Waals surface area (Å²) in [7, 11) is 1.35. The zero-order valence-electron chi connectivity index (χ0n) is 14.4. The van der Waals surface area contributed by atoms with Gasteiger partial charge in [0.2, 0.25) is 0 Å². The summed E-state index contributed by atoms with van der Waals surface area (Å²) in [4.78, 5) is 24.1. The van der Waals surface area contributed by atoms with Crippen LogP contribution in [0.3, 0.4) is 0 Å². The maximum absolute atomic E-state index is 12.9. The van der Waals surface area contributed by atoms with E-state index in [-0.39, 0.29) is 28.8 Å². The Labute approximate surface area is 152 Å². The van der Waals surface area contributed by atoms with Crippen molar-refractivity contribution in [3.8, 4) is 0 Å². The van der Waals surface area contributed by atoms with E-state index in [2.05, 4.69) is 4.74 Å². The molecule has 134 valence electrons. The molecule has 4 bridgehead atoms. The van der Waals surface area contributed by atoms with E-state index in [9.17, 15) is 9.59 Å². The Morgan fingerprint density at radius 3 is 2.32 bits per heavy atom. The van der Waals surface area contributed by atoms with Crippen molar-refractivity contribution >= 4 is 23.5 Å². The molecule has 1 aromatic carbocycles. The first kappa shape index (κ1) is 16.9. The Balaban J connectivity index is 1.42. The van der Waals surface area contributed by atoms with Crippen LogP contribution in [0.1, 0.15) is 54.4 Å². The van der Waals surface area contributed by atoms with Crippen LogP contribution in [-0.2, 0) is 20.9 Å². The number of rotatable bonds is 4. The normalized spacial score (nSPS) is 35.4. The molecule has 4 fully saturated rings. The lowest BCUT2D eigenvalue weighted by atomic mass is 9.49. The van der Waals surface area contributed by atoms with Crippen molar-refractivity contribution in [3.63, 3.8) is 0 Å². The number of methoxy groups -OCH3 is 1. The average Bonchev–Trinajstić information content (AvgIpc) is 2.57. The topological polar surface area (TPSA) is 52.6 Å². The number of halogens is 1. The van der Waals surface area contributed by atoms with Crippen molar-refractivity contribution in [1.29, 1.82) is 0 Å². The highest BCUT2D eigenvalue weighted by Gasteiger charge is 2.60. The van der Waals surface area contributed by atoms with E-state index < -0.39 is 0 Å². The SMILES string of the molecule is COC(=O)c1ccc(COC(=O)C23C[C@@H]4C[C@@H](CC(Cl)(C4)C2)C3)cc1. The van der Waals surface area contributed by atoms with Crippen LogP contribution in [0.4, 0.5) is 0 Å². The molecule has 0 N–H and O–H groups in total. The van der Waals surface area contributed by atoms with Gasteiger partial charge in [0.15, 0.2) is 0 Å². The Hall–Kier alpha value is -1.55. The highest BCUT2D eigenvalue weighted by Crippen LogP contribution is 2.64. The predicted molar refractivity (Wildman–Crippen MR) is 93.3 cm³/mol. The van der Waals surface area contributed by atoms with E-state index in [1.54, 1.807) is 24.3 Å². The molecule has 0 aliphatic heterocycles. The lowest BCUT2D eigenvalue weighted by Gasteiger charge is -2.58. The Morgan fingerprint density at radius 2 is 1.76 bits per heavy atom. The van der Waals surface area contributed by atoms with Crippen molar-refractivity contribution in [2.24, 2.45) is 17.3 Å². The van der Waals surface area contributed by atoms with Gasteiger partial charge >= 0.3 is 11.9 Å². The monoisotopic (exact) mass is 362 g/mol. The molecule has 0 heterocycles. The zero-order chi connectivity index (χ0) is 17.7. The fourth-order valence-corrected chi connectivity index (χ4v) is 6.24. The third kappa shape index (κ3) is 3.05. The molecule has 5 rings (SSSR count). The van der Waals surface area contributed by atoms with Gasteiger partial charge in [-0.2, -0.15) is 0 Å². The number of carbonyl (C=O) groups excluding carboxylic acids is 2. The number of benzene rings is 1. The second-order valence-corrected chi connectivity index (χ2v) is 8.96. The molecule has 25 heavy (non-hydrogen) atoms. The minimum Gasteiger partial charge on any atom is -0.465 e. The van der Waals surface area contributed by atoms with Crippen molar-refractivity contribution in [2.45, 2.75) is 50.0 Å². The second kappa shape index (κ2) is 6.01. The van der Waals surface area contributed by atoms with Crippen molar-refractivity contribution in [3.05, 3.63) is 35.4 Å². The van der Waals surface area contributed by atoms with Crippen LogP contribution >= 0.6 is 11.6 Å². The van der Waals surface area contributed by atoms with Gasteiger partial charge in [0.25, 0.3) is 0 Å². The van der Waals surface area contributed by atoms with Gasteiger partial charge in [-0.15, -0.1) is 11.6 Å². The van der Waals surface area contributed by atoms with Gasteiger partial charge in [0.05, 0.1) is 18.1 Å². The number of esters is 2. The molecular formula is C20H23ClO4. The van der Waals surface area contributed by atoms with Gasteiger partial charge in [-0.25, -0.2) is 4.79 Å². The molecular weight excluding hydrogens is 340 g/mol. The second-order valence-electron chi connectivity index (χ2n) is 8.16. The van der Waals surface area contributed by atoms with Gasteiger partial charge in [0.1, 0.15) is 6.61 Å². The quantitative estimate of drug-likeness (QED) is 0.598. The number of carbonyl (C=O) groups is 2. The maximum Gasteiger partial charge on any atom is 0.337 e. The fourth-order valence-electron chi connectivity index (χ4n) is 5.55. The van der Waals surface area contributed by atoms with Gasteiger partial charge in [-0.1, -0.05) is 12.1 Å². The van der Waals surface area contributed by atoms with Crippen LogP contribution in [0.15, 0.2) is 24.3 Å². The van der Waals surface area contributed by atoms with Crippen LogP contribution in [0.25, 0.3) is 0 Å². The van der Waals surface area contributed by atoms with E-state index in [1.165, 1.54) is 13.5 Å². The summed E-state index contributed by atoms with van der Waals surface area (Å²) in [5.74, 6) is 0.685. The highest BCUT2D eigenvalue weighted by molar-refractivity contribution is 6.24. The Kier molecular flexibility index (Phi) is 4.06. The minimum absolute atomic E-state index is 0.0938. The summed E-state index contributed by atoms with van der Waals surface area (Å²) in [6, 6.07) is 6.96. The van der Waals surface area contributed by atoms with E-state index >= 15 is 0 Å². The molecule has 5 heteroatoms. The molecule has 4 nitrogen and oxygen atoms in total. The van der Waals surface area contributed by atoms with E-state index in [1.807, 2.05) is 0 Å². The molecule has 4 aliphatic rings. The van der Waals surface area contributed by atoms with Crippen molar-refractivity contribution < 1.29 is 19.1 Å². The number of hydrogen-bond donors (Lipinski definition) is 0. The molecule has 2 unspecified atom stereocenters. The van der Waals surface area contributed by atoms with Crippen LogP contribution < -0.4 is 0 Å². The van der Waals surface area contributed by atoms with Gasteiger partial charge < -0.3 is 9.47 Å². The summed E-state index contributed by atoms with van der Waals surface area (Å²) in [5.41, 5.74) is 0.978. The lowest BCUT2D eigenvalue weighted by molar-refractivity contribution is -0.171. The molecule has 0 amide bonds. The standard InChI is InChI=1S/C20H23ClO4/c1-24-17(22)16-4-2-13(3-5-16)11-25-18(23)19-7-14-6-15(8-19)10-20(21,9-14)12-19/h2-5,14-15H,6-12H2,1H3/t14-,15+,19?,20?. The molecule has 0 spiro atoms. The minimum atomic E-state index is -0.377. The van der Waals surface area contributed by atoms with E-state index in [0.717, 1.165) is 37.7 Å². The third-order valence-electron chi connectivity index (χ3n) is 6.17. The molecule has 4 atom stereocenters. The zero-order valence-corrected chi connectivity index (χ0v) is 15.2. The molecule has 0 aromatic heterocycles. The van der Waals surface area contributed by atoms with Gasteiger partial charge in [-0.3, -0.25) is 4.79 Å². The molecule has 0 saturated heterocycles. The first-order valence-electron chi connectivity index (χ1n) is 8.95. The summed E-state index contributed by atoms with van der Waals surface area (Å²) >= 11 is 6.79. The first-order chi connectivity index (χ1) is 11.9. The molecule has 1 aromatic rings. The van der Waals surface area contributed by atoms with Crippen LogP contribution in [0, 0.1) is 17.3 Å². The lowest BCUT2D eigenvalue weighted by Crippen LogP contribution is -2.56. The highest BCUT2D eigenvalue weighted by atomic mass is 35.5. The average molecular weight is 363 g/mol. The summed E-state index contributed by atoms with van der Waals surface area (Å²) in [6.45, 7) is 0.229. The molecule has 0 radical (unpaired) electrons. The molecule has 4 aliphatic carbocycles. The van der Waals surface area contributed by atoms with Crippen LogP contribution in [-0.4, -0.2) is 23.9 Å². The molecule has 4 saturated carbocycles. The van der Waals surface area contributed by atoms with E-state index in [0.29, 0.717) is 17.4 Å². The Morgan fingerprint density at radius 1 is 1.12 bits per heavy atom. The van der Waals surface area contributed by atoms with Gasteiger partial charge in [0, 0.05) is 4.87 Å². The van der Waals surface area contributed by atoms with Crippen LogP contribution in [0.5, 0.6) is 0 Å². The van der Waals surface area contributed by atoms with E-state index in [4.69, 9.17) is 16.3 Å². The van der Waals surface area contributed by atoms with Crippen molar-refractivity contribution in [2.75, 3.05) is 7.11 Å². The summed E-state index contributed by atoms with van der Waals surface area (Å²) in [5, 5.41) is 0. The Bertz CT molecular complexity index is 682. The fraction of sp³-hybridized carbons (Fsp3) is 0.600. The predicted octanol–water partition coefficient (Wildman–Crippen LogP) is 4.09. The van der Waals surface area contributed by atoms with Gasteiger partial charge in [-0.05, 0) is 68.1 Å². The number of alkyl halides is 1. The first-order valence-corrected chi connectivity index (χ1v) is 9.33. The van der Waals surface area contributed by atoms with Crippen molar-refractivity contribution in [1.82, 2.24) is 0 Å². The maximum atomic E-state index is 12.9. The van der Waals surface area contributed by atoms with Crippen LogP contribution in [0.2, 0.25) is 0 Å². The largest absolute Gasteiger partial charge is 0.465 e. The summed E-state index contributed by atoms with van der Waals surface area (Å²) in [6.07, 6.45) is 5.94. The smallest absolute Gasteiger partial charge is 0.337 e.